The fourth-order valence-electron chi connectivity index (χ4n) is 0.739. The number of rotatable bonds is 2. The summed E-state index contributed by atoms with van der Waals surface area (Å²) in [7, 11) is 0. The maximum Gasteiger partial charge on any atom is 0.299 e. The largest absolute Gasteiger partial charge is 0.299 e. The molecule has 9 heteroatoms. The van der Waals surface area contributed by atoms with Gasteiger partial charge >= 0.3 is 0 Å². The fraction of sp³-hybridized carbons (Fsp3) is 0. The molecular weight excluding hydrogens is 229 g/mol. The van der Waals surface area contributed by atoms with Gasteiger partial charge in [-0.1, -0.05) is 0 Å². The van der Waals surface area contributed by atoms with E-state index in [9.17, 15) is 32.1 Å². The standard InChI is InChI=1S/C6F5NO3/c7-1-2(8)4(10)6(15-12(13)14)5(11)3(1)9. The van der Waals surface area contributed by atoms with Crippen molar-refractivity contribution < 1.29 is 31.9 Å². The predicted octanol–water partition coefficient (Wildman–Crippen LogP) is 1.95. The Hall–Kier alpha value is -1.93. The van der Waals surface area contributed by atoms with Crippen molar-refractivity contribution in [2.75, 3.05) is 0 Å². The molecule has 0 amide bonds. The van der Waals surface area contributed by atoms with Gasteiger partial charge in [-0.05, 0) is 0 Å². The van der Waals surface area contributed by atoms with Crippen LogP contribution in [0, 0.1) is 39.2 Å². The minimum absolute atomic E-state index is 1.70. The molecule has 0 atom stereocenters. The van der Waals surface area contributed by atoms with Gasteiger partial charge in [0.2, 0.25) is 11.6 Å². The van der Waals surface area contributed by atoms with E-state index in [4.69, 9.17) is 0 Å². The zero-order chi connectivity index (χ0) is 11.7. The molecule has 0 saturated heterocycles. The normalized spacial score (nSPS) is 10.2. The first-order chi connectivity index (χ1) is 6.86. The van der Waals surface area contributed by atoms with E-state index < -0.39 is 39.9 Å². The van der Waals surface area contributed by atoms with Crippen molar-refractivity contribution in [3.63, 3.8) is 0 Å². The molecule has 1 rings (SSSR count). The predicted molar refractivity (Wildman–Crippen MR) is 33.9 cm³/mol. The lowest BCUT2D eigenvalue weighted by Crippen LogP contribution is -2.11. The smallest absolute Gasteiger partial charge is 0.270 e. The summed E-state index contributed by atoms with van der Waals surface area (Å²) in [6.07, 6.45) is 0. The van der Waals surface area contributed by atoms with Crippen LogP contribution in [0.1, 0.15) is 0 Å². The molecule has 0 N–H and O–H groups in total. The van der Waals surface area contributed by atoms with Gasteiger partial charge in [0.15, 0.2) is 23.3 Å². The first-order valence-corrected chi connectivity index (χ1v) is 3.20. The zero-order valence-electron chi connectivity index (χ0n) is 6.56. The molecule has 0 aliphatic rings. The van der Waals surface area contributed by atoms with E-state index in [1.807, 2.05) is 0 Å². The van der Waals surface area contributed by atoms with Gasteiger partial charge in [0.1, 0.15) is 0 Å². The van der Waals surface area contributed by atoms with Gasteiger partial charge in [0.05, 0.1) is 0 Å². The van der Waals surface area contributed by atoms with Gasteiger partial charge < -0.3 is 0 Å². The van der Waals surface area contributed by atoms with Crippen LogP contribution in [0.5, 0.6) is 5.75 Å². The van der Waals surface area contributed by atoms with E-state index in [2.05, 4.69) is 4.84 Å². The summed E-state index contributed by atoms with van der Waals surface area (Å²) in [5.74, 6) is -13.8. The molecule has 0 fully saturated rings. The monoisotopic (exact) mass is 229 g/mol. The van der Waals surface area contributed by atoms with Crippen LogP contribution >= 0.6 is 0 Å². The van der Waals surface area contributed by atoms with Crippen molar-refractivity contribution in [1.82, 2.24) is 0 Å². The Kier molecular flexibility index (Phi) is 2.73. The molecule has 0 aliphatic heterocycles. The Morgan fingerprint density at radius 3 is 1.53 bits per heavy atom. The van der Waals surface area contributed by atoms with Crippen LogP contribution < -0.4 is 4.84 Å². The molecule has 15 heavy (non-hydrogen) atoms. The summed E-state index contributed by atoms with van der Waals surface area (Å²) < 4.78 is 62.4. The van der Waals surface area contributed by atoms with Crippen molar-refractivity contribution in [3.05, 3.63) is 39.2 Å². The summed E-state index contributed by atoms with van der Waals surface area (Å²) in [5, 5.41) is 8.00. The second-order valence-corrected chi connectivity index (χ2v) is 2.21. The Morgan fingerprint density at radius 1 is 0.867 bits per heavy atom. The molecule has 0 aliphatic carbocycles. The Labute approximate surface area is 78.0 Å². The highest BCUT2D eigenvalue weighted by molar-refractivity contribution is 5.29. The van der Waals surface area contributed by atoms with Crippen LogP contribution in [-0.2, 0) is 0 Å². The van der Waals surface area contributed by atoms with Crippen LogP contribution in [0.15, 0.2) is 0 Å². The fourth-order valence-corrected chi connectivity index (χ4v) is 0.739. The second-order valence-electron chi connectivity index (χ2n) is 2.21. The Bertz CT molecular complexity index is 406. The molecule has 4 nitrogen and oxygen atoms in total. The number of hydrogen-bond acceptors (Lipinski definition) is 3. The maximum atomic E-state index is 12.6. The van der Waals surface area contributed by atoms with E-state index in [-0.39, 0.29) is 0 Å². The SMILES string of the molecule is O=[N+]([O-])Oc1c(F)c(F)c(F)c(F)c1F. The van der Waals surface area contributed by atoms with Gasteiger partial charge in [-0.3, -0.25) is 4.84 Å². The molecular formula is C6F5NO3. The van der Waals surface area contributed by atoms with Crippen molar-refractivity contribution in [2.24, 2.45) is 0 Å². The summed E-state index contributed by atoms with van der Waals surface area (Å²) in [6, 6.07) is 0. The minimum atomic E-state index is -2.42. The molecule has 82 valence electrons. The summed E-state index contributed by atoms with van der Waals surface area (Å²) >= 11 is 0. The highest BCUT2D eigenvalue weighted by Crippen LogP contribution is 2.28. The average Bonchev–Trinajstić information content (AvgIpc) is 2.18. The third-order valence-electron chi connectivity index (χ3n) is 1.34. The Balaban J connectivity index is 3.45. The van der Waals surface area contributed by atoms with Gasteiger partial charge in [0.25, 0.3) is 5.09 Å². The summed E-state index contributed by atoms with van der Waals surface area (Å²) in [5.41, 5.74) is 0. The van der Waals surface area contributed by atoms with Crippen LogP contribution in [0.25, 0.3) is 0 Å². The summed E-state index contributed by atoms with van der Waals surface area (Å²) in [4.78, 5) is 12.9. The number of benzene rings is 1. The van der Waals surface area contributed by atoms with Crippen molar-refractivity contribution in [3.8, 4) is 5.75 Å². The topological polar surface area (TPSA) is 52.4 Å². The molecule has 0 aromatic heterocycles. The first-order valence-electron chi connectivity index (χ1n) is 3.20. The quantitative estimate of drug-likeness (QED) is 0.256. The van der Waals surface area contributed by atoms with E-state index >= 15 is 0 Å². The number of nitrogens with zero attached hydrogens (tertiary/aromatic N) is 1. The average molecular weight is 229 g/mol. The van der Waals surface area contributed by atoms with Gasteiger partial charge in [-0.15, -0.1) is 10.1 Å². The van der Waals surface area contributed by atoms with E-state index in [0.717, 1.165) is 0 Å². The van der Waals surface area contributed by atoms with E-state index in [1.165, 1.54) is 0 Å². The third-order valence-corrected chi connectivity index (χ3v) is 1.34. The lowest BCUT2D eigenvalue weighted by atomic mass is 10.3. The van der Waals surface area contributed by atoms with Crippen LogP contribution in [0.3, 0.4) is 0 Å². The molecule has 1 aromatic rings. The lowest BCUT2D eigenvalue weighted by molar-refractivity contribution is -0.712. The highest BCUT2D eigenvalue weighted by Gasteiger charge is 2.27. The molecule has 0 unspecified atom stereocenters. The zero-order valence-corrected chi connectivity index (χ0v) is 6.56. The van der Waals surface area contributed by atoms with Crippen LogP contribution in [-0.4, -0.2) is 5.09 Å². The maximum absolute atomic E-state index is 12.6. The van der Waals surface area contributed by atoms with Crippen LogP contribution in [0.4, 0.5) is 22.0 Å². The molecule has 1 aromatic carbocycles. The lowest BCUT2D eigenvalue weighted by Gasteiger charge is -2.04. The number of hydrogen-bond donors (Lipinski definition) is 0. The minimum Gasteiger partial charge on any atom is -0.270 e. The van der Waals surface area contributed by atoms with Gasteiger partial charge in [0, 0.05) is 0 Å². The molecule has 0 spiro atoms. The Morgan fingerprint density at radius 2 is 1.20 bits per heavy atom. The second kappa shape index (κ2) is 3.67. The van der Waals surface area contributed by atoms with Crippen LogP contribution in [0.2, 0.25) is 0 Å². The van der Waals surface area contributed by atoms with Crippen molar-refractivity contribution in [2.45, 2.75) is 0 Å². The van der Waals surface area contributed by atoms with E-state index in [1.54, 1.807) is 0 Å². The third kappa shape index (κ3) is 1.80. The van der Waals surface area contributed by atoms with Crippen molar-refractivity contribution in [1.29, 1.82) is 0 Å². The molecule has 0 heterocycles. The molecule has 0 bridgehead atoms. The van der Waals surface area contributed by atoms with Gasteiger partial charge in [-0.2, -0.15) is 0 Å². The van der Waals surface area contributed by atoms with Crippen molar-refractivity contribution >= 4 is 0 Å². The number of halogens is 5. The van der Waals surface area contributed by atoms with E-state index in [0.29, 0.717) is 0 Å². The molecule has 0 saturated carbocycles. The molecule has 0 radical (unpaired) electrons. The summed E-state index contributed by atoms with van der Waals surface area (Å²) in [6.45, 7) is 0. The highest BCUT2D eigenvalue weighted by atomic mass is 19.2. The van der Waals surface area contributed by atoms with Gasteiger partial charge in [-0.25, -0.2) is 22.0 Å². The first kappa shape index (κ1) is 11.1.